The maximum atomic E-state index is 5.12. The summed E-state index contributed by atoms with van der Waals surface area (Å²) in [7, 11) is 0. The van der Waals surface area contributed by atoms with E-state index in [1.807, 2.05) is 24.3 Å². The zero-order valence-corrected chi connectivity index (χ0v) is 30.6. The van der Waals surface area contributed by atoms with Crippen molar-refractivity contribution in [2.45, 2.75) is 12.3 Å². The lowest BCUT2D eigenvalue weighted by Crippen LogP contribution is -2.44. The summed E-state index contributed by atoms with van der Waals surface area (Å²) in [4.78, 5) is 10.1. The summed E-state index contributed by atoms with van der Waals surface area (Å²) in [5.41, 5.74) is 11.3. The first-order chi connectivity index (χ1) is 27.7. The van der Waals surface area contributed by atoms with Gasteiger partial charge in [-0.15, -0.1) is 0 Å². The first-order valence-corrected chi connectivity index (χ1v) is 19.1. The van der Waals surface area contributed by atoms with Gasteiger partial charge in [-0.25, -0.2) is 4.99 Å². The lowest BCUT2D eigenvalue weighted by Gasteiger charge is -2.32. The molecule has 2 heterocycles. The normalized spacial score (nSPS) is 16.4. The third-order valence-corrected chi connectivity index (χ3v) is 10.6. The van der Waals surface area contributed by atoms with Gasteiger partial charge in [0.15, 0.2) is 0 Å². The smallest absolute Gasteiger partial charge is 0.279 e. The molecule has 0 spiro atoms. The highest BCUT2D eigenvalue weighted by Crippen LogP contribution is 2.32. The topological polar surface area (TPSA) is 51.8 Å². The van der Waals surface area contributed by atoms with Crippen molar-refractivity contribution in [3.8, 4) is 22.3 Å². The minimum atomic E-state index is -0.196. The Hall–Kier alpha value is -7.21. The number of nitrogens with one attached hydrogen (secondary N) is 2. The van der Waals surface area contributed by atoms with Gasteiger partial charge in [0.25, 0.3) is 11.7 Å². The minimum absolute atomic E-state index is 0.0681. The number of benzene rings is 8. The molecule has 2 atom stereocenters. The van der Waals surface area contributed by atoms with E-state index in [9.17, 15) is 0 Å². The standard InChI is InChI=1S/C51H38N5/c1-5-13-38(14-6-1)47-52-48(39-15-7-2-8-16-39)54-49(53-47)40-27-21-35(22-28-40)43-31-25-37-26-32-44(34-45(37)33-43)36-23-29-42(30-24-36)51-55-50(41-17-9-3-10-18-41)56(51)46-19-11-4-12-20-46/h1-34,47,49,53H,(H,52,54)/q+1. The number of aliphatic imine (C=N–C) groups is 2. The highest BCUT2D eigenvalue weighted by atomic mass is 15.3. The van der Waals surface area contributed by atoms with Crippen molar-refractivity contribution in [2.24, 2.45) is 9.98 Å². The van der Waals surface area contributed by atoms with Gasteiger partial charge in [-0.05, 0) is 92.7 Å². The number of rotatable bonds is 8. The summed E-state index contributed by atoms with van der Waals surface area (Å²) >= 11 is 0. The molecule has 0 radical (unpaired) electrons. The Morgan fingerprint density at radius 3 is 1.55 bits per heavy atom. The van der Waals surface area contributed by atoms with Crippen molar-refractivity contribution in [1.29, 1.82) is 0 Å². The van der Waals surface area contributed by atoms with Crippen LogP contribution in [0.25, 0.3) is 33.0 Å². The van der Waals surface area contributed by atoms with Crippen molar-refractivity contribution in [3.63, 3.8) is 0 Å². The summed E-state index contributed by atoms with van der Waals surface area (Å²) in [6.45, 7) is 0. The molecule has 0 fully saturated rings. The van der Waals surface area contributed by atoms with Gasteiger partial charge in [0.1, 0.15) is 23.9 Å². The second-order valence-corrected chi connectivity index (χ2v) is 14.2. The molecule has 0 saturated carbocycles. The monoisotopic (exact) mass is 720 g/mol. The zero-order chi connectivity index (χ0) is 37.3. The Labute approximate surface area is 326 Å². The van der Waals surface area contributed by atoms with Crippen LogP contribution in [0.3, 0.4) is 0 Å². The molecule has 10 rings (SSSR count). The molecule has 0 aromatic heterocycles. The molecule has 5 nitrogen and oxygen atoms in total. The molecule has 8 aromatic carbocycles. The molecule has 2 aliphatic heterocycles. The third kappa shape index (κ3) is 6.51. The molecule has 5 heteroatoms. The summed E-state index contributed by atoms with van der Waals surface area (Å²) in [5.74, 6) is 2.79. The lowest BCUT2D eigenvalue weighted by molar-refractivity contribution is -0.319. The van der Waals surface area contributed by atoms with Crippen molar-refractivity contribution in [3.05, 3.63) is 234 Å². The van der Waals surface area contributed by atoms with Gasteiger partial charge in [0, 0.05) is 5.56 Å². The molecule has 8 aromatic rings. The van der Waals surface area contributed by atoms with E-state index >= 15 is 0 Å². The first-order valence-electron chi connectivity index (χ1n) is 19.1. The highest BCUT2D eigenvalue weighted by Gasteiger charge is 2.33. The summed E-state index contributed by atoms with van der Waals surface area (Å²) < 4.78 is 2.24. The van der Waals surface area contributed by atoms with E-state index in [0.29, 0.717) is 0 Å². The van der Waals surface area contributed by atoms with E-state index in [1.165, 1.54) is 38.6 Å². The van der Waals surface area contributed by atoms with Gasteiger partial charge in [0.05, 0.1) is 11.1 Å². The molecular formula is C51H38N5+. The van der Waals surface area contributed by atoms with Crippen LogP contribution in [0, 0.1) is 0 Å². The van der Waals surface area contributed by atoms with E-state index in [0.717, 1.165) is 45.4 Å². The lowest BCUT2D eigenvalue weighted by atomic mass is 9.96. The maximum absolute atomic E-state index is 5.12. The average Bonchev–Trinajstić information content (AvgIpc) is 3.27. The molecule has 2 aliphatic rings. The third-order valence-electron chi connectivity index (χ3n) is 10.6. The van der Waals surface area contributed by atoms with Crippen molar-refractivity contribution < 1.29 is 4.58 Å². The van der Waals surface area contributed by atoms with Gasteiger partial charge < -0.3 is 5.32 Å². The molecule has 0 amide bonds. The molecule has 2 unspecified atom stereocenters. The number of amidine groups is 3. The van der Waals surface area contributed by atoms with Gasteiger partial charge in [-0.3, -0.25) is 5.32 Å². The van der Waals surface area contributed by atoms with Crippen molar-refractivity contribution in [2.75, 3.05) is 0 Å². The number of hydrogen-bond acceptors (Lipinski definition) is 4. The molecule has 2 N–H and O–H groups in total. The summed E-state index contributed by atoms with van der Waals surface area (Å²) in [6, 6.07) is 72.7. The second-order valence-electron chi connectivity index (χ2n) is 14.2. The number of nitrogens with zero attached hydrogens (tertiary/aromatic N) is 3. The van der Waals surface area contributed by atoms with E-state index in [1.54, 1.807) is 0 Å². The van der Waals surface area contributed by atoms with Crippen LogP contribution in [0.15, 0.2) is 216 Å². The molecule has 0 aliphatic carbocycles. The van der Waals surface area contributed by atoms with Crippen LogP contribution in [0.4, 0.5) is 5.69 Å². The minimum Gasteiger partial charge on any atom is -0.350 e. The largest absolute Gasteiger partial charge is 0.350 e. The van der Waals surface area contributed by atoms with Gasteiger partial charge in [-0.1, -0.05) is 163 Å². The fourth-order valence-corrected chi connectivity index (χ4v) is 7.62. The van der Waals surface area contributed by atoms with Crippen LogP contribution >= 0.6 is 0 Å². The Bertz CT molecular complexity index is 2760. The van der Waals surface area contributed by atoms with Crippen LogP contribution in [0.2, 0.25) is 0 Å². The van der Waals surface area contributed by atoms with E-state index in [-0.39, 0.29) is 12.3 Å². The van der Waals surface area contributed by atoms with Gasteiger partial charge in [0.2, 0.25) is 0 Å². The number of fused-ring (bicyclic) bond motifs is 1. The summed E-state index contributed by atoms with van der Waals surface area (Å²) in [6.07, 6.45) is -0.264. The molecular weight excluding hydrogens is 683 g/mol. The Kier molecular flexibility index (Phi) is 8.67. The van der Waals surface area contributed by atoms with Crippen LogP contribution < -0.4 is 10.6 Å². The van der Waals surface area contributed by atoms with Crippen LogP contribution in [0.1, 0.15) is 40.1 Å². The van der Waals surface area contributed by atoms with E-state index in [2.05, 4.69) is 197 Å². The molecule has 266 valence electrons. The molecule has 56 heavy (non-hydrogen) atoms. The predicted octanol–water partition coefficient (Wildman–Crippen LogP) is 11.1. The fraction of sp³-hybridized carbons (Fsp3) is 0.0392. The Morgan fingerprint density at radius 2 is 0.929 bits per heavy atom. The highest BCUT2D eigenvalue weighted by molar-refractivity contribution is 6.16. The van der Waals surface area contributed by atoms with Crippen LogP contribution in [-0.2, 0) is 0 Å². The molecule has 0 saturated heterocycles. The van der Waals surface area contributed by atoms with E-state index in [4.69, 9.17) is 9.98 Å². The quantitative estimate of drug-likeness (QED) is 0.154. The second kappa shape index (κ2) is 14.6. The predicted molar refractivity (Wildman–Crippen MR) is 229 cm³/mol. The van der Waals surface area contributed by atoms with E-state index < -0.39 is 0 Å². The average molecular weight is 721 g/mol. The SMILES string of the molecule is c1ccc(C2=NC(c3ccc(-c4ccc5ccc(-c6ccc(C7=NC(c8ccccc8)=[N+]7c7ccccc7)cc6)cc5c4)cc3)NC(c3ccccc3)N2)cc1. The van der Waals surface area contributed by atoms with Crippen molar-refractivity contribution >= 4 is 34.0 Å². The van der Waals surface area contributed by atoms with Crippen molar-refractivity contribution in [1.82, 2.24) is 10.6 Å². The van der Waals surface area contributed by atoms with Crippen LogP contribution in [-0.4, -0.2) is 22.1 Å². The summed E-state index contributed by atoms with van der Waals surface area (Å²) in [5, 5.41) is 9.75. The Morgan fingerprint density at radius 1 is 0.411 bits per heavy atom. The van der Waals surface area contributed by atoms with Crippen LogP contribution in [0.5, 0.6) is 0 Å². The fourth-order valence-electron chi connectivity index (χ4n) is 7.62. The van der Waals surface area contributed by atoms with Gasteiger partial charge >= 0.3 is 0 Å². The maximum Gasteiger partial charge on any atom is 0.279 e. The Balaban J connectivity index is 0.904. The number of para-hydroxylation sites is 1. The molecule has 0 bridgehead atoms. The zero-order valence-electron chi connectivity index (χ0n) is 30.6. The van der Waals surface area contributed by atoms with Gasteiger partial charge in [-0.2, -0.15) is 4.58 Å². The first kappa shape index (κ1) is 33.4. The number of hydrogen-bond donors (Lipinski definition) is 2.